The molecule has 1 aromatic carbocycles. The van der Waals surface area contributed by atoms with Crippen molar-refractivity contribution in [2.45, 2.75) is 19.4 Å². The van der Waals surface area contributed by atoms with Crippen LogP contribution in [0.5, 0.6) is 0 Å². The maximum Gasteiger partial charge on any atom is 0.0206 e. The van der Waals surface area contributed by atoms with Crippen molar-refractivity contribution in [2.24, 2.45) is 11.1 Å². The van der Waals surface area contributed by atoms with Crippen LogP contribution in [0.25, 0.3) is 0 Å². The van der Waals surface area contributed by atoms with E-state index in [1.807, 2.05) is 6.07 Å². The molecule has 0 aliphatic heterocycles. The van der Waals surface area contributed by atoms with Gasteiger partial charge in [-0.2, -0.15) is 0 Å². The van der Waals surface area contributed by atoms with E-state index in [9.17, 15) is 0 Å². The predicted octanol–water partition coefficient (Wildman–Crippen LogP) is 2.28. The molecule has 1 saturated carbocycles. The van der Waals surface area contributed by atoms with Gasteiger partial charge >= 0.3 is 0 Å². The first-order valence-electron chi connectivity index (χ1n) is 5.39. The Morgan fingerprint density at radius 3 is 2.80 bits per heavy atom. The van der Waals surface area contributed by atoms with Gasteiger partial charge in [0.15, 0.2) is 0 Å². The van der Waals surface area contributed by atoms with Gasteiger partial charge in [-0.25, -0.2) is 0 Å². The summed E-state index contributed by atoms with van der Waals surface area (Å²) in [6.07, 6.45) is 2.57. The molecule has 1 aromatic rings. The van der Waals surface area contributed by atoms with Crippen molar-refractivity contribution in [3.63, 3.8) is 0 Å². The Kier molecular flexibility index (Phi) is 3.44. The molecule has 3 N–H and O–H groups in total. The van der Waals surface area contributed by atoms with E-state index in [0.29, 0.717) is 5.41 Å². The summed E-state index contributed by atoms with van der Waals surface area (Å²) >= 11 is 3.47. The first kappa shape index (κ1) is 11.1. The molecule has 1 aliphatic carbocycles. The van der Waals surface area contributed by atoms with Crippen molar-refractivity contribution >= 4 is 15.9 Å². The van der Waals surface area contributed by atoms with Gasteiger partial charge in [0.25, 0.3) is 0 Å². The monoisotopic (exact) mass is 268 g/mol. The number of hydrogen-bond acceptors (Lipinski definition) is 2. The molecule has 1 aliphatic rings. The van der Waals surface area contributed by atoms with E-state index in [2.05, 4.69) is 39.4 Å². The van der Waals surface area contributed by atoms with Gasteiger partial charge < -0.3 is 11.1 Å². The highest BCUT2D eigenvalue weighted by Gasteiger charge is 2.40. The number of nitrogens with two attached hydrogens (primary N) is 1. The van der Waals surface area contributed by atoms with Gasteiger partial charge in [-0.1, -0.05) is 28.1 Å². The maximum atomic E-state index is 5.72. The smallest absolute Gasteiger partial charge is 0.0206 e. The van der Waals surface area contributed by atoms with Crippen LogP contribution in [0.1, 0.15) is 18.4 Å². The van der Waals surface area contributed by atoms with Crippen LogP contribution in [-0.4, -0.2) is 13.1 Å². The van der Waals surface area contributed by atoms with E-state index in [0.717, 1.165) is 24.1 Å². The van der Waals surface area contributed by atoms with Crippen LogP contribution >= 0.6 is 15.9 Å². The summed E-state index contributed by atoms with van der Waals surface area (Å²) in [7, 11) is 0. The van der Waals surface area contributed by atoms with Gasteiger partial charge in [0, 0.05) is 17.6 Å². The number of benzene rings is 1. The number of halogens is 1. The minimum atomic E-state index is 0.423. The molecule has 2 nitrogen and oxygen atoms in total. The Labute approximate surface area is 99.4 Å². The Hall–Kier alpha value is -0.380. The third kappa shape index (κ3) is 3.03. The molecule has 0 aromatic heterocycles. The minimum absolute atomic E-state index is 0.423. The Morgan fingerprint density at radius 2 is 2.20 bits per heavy atom. The summed E-state index contributed by atoms with van der Waals surface area (Å²) in [5.74, 6) is 0. The molecule has 1 fully saturated rings. The second-order valence-electron chi connectivity index (χ2n) is 4.44. The van der Waals surface area contributed by atoms with Crippen molar-refractivity contribution in [3.8, 4) is 0 Å². The van der Waals surface area contributed by atoms with Crippen molar-refractivity contribution in [1.29, 1.82) is 0 Å². The summed E-state index contributed by atoms with van der Waals surface area (Å²) in [5, 5.41) is 3.48. The third-order valence-corrected chi connectivity index (χ3v) is 3.60. The number of rotatable bonds is 5. The van der Waals surface area contributed by atoms with Crippen LogP contribution in [0.2, 0.25) is 0 Å². The van der Waals surface area contributed by atoms with Crippen molar-refractivity contribution < 1.29 is 0 Å². The highest BCUT2D eigenvalue weighted by Crippen LogP contribution is 2.43. The second-order valence-corrected chi connectivity index (χ2v) is 5.35. The molecule has 15 heavy (non-hydrogen) atoms. The molecule has 0 saturated heterocycles. The summed E-state index contributed by atoms with van der Waals surface area (Å²) in [6, 6.07) is 8.40. The van der Waals surface area contributed by atoms with Crippen LogP contribution in [-0.2, 0) is 6.54 Å². The Balaban J connectivity index is 1.78. The topological polar surface area (TPSA) is 38.0 Å². The van der Waals surface area contributed by atoms with Gasteiger partial charge in [0.2, 0.25) is 0 Å². The van der Waals surface area contributed by atoms with Gasteiger partial charge in [0.1, 0.15) is 0 Å². The van der Waals surface area contributed by atoms with Gasteiger partial charge in [-0.15, -0.1) is 0 Å². The van der Waals surface area contributed by atoms with E-state index in [-0.39, 0.29) is 0 Å². The SMILES string of the molecule is NCC1(CNCc2cccc(Br)c2)CC1. The molecule has 3 heteroatoms. The van der Waals surface area contributed by atoms with Crippen molar-refractivity contribution in [2.75, 3.05) is 13.1 Å². The third-order valence-electron chi connectivity index (χ3n) is 3.11. The first-order valence-corrected chi connectivity index (χ1v) is 6.19. The number of nitrogens with one attached hydrogen (secondary N) is 1. The Morgan fingerprint density at radius 1 is 1.40 bits per heavy atom. The fraction of sp³-hybridized carbons (Fsp3) is 0.500. The number of hydrogen-bond donors (Lipinski definition) is 2. The molecule has 0 atom stereocenters. The zero-order chi connectivity index (χ0) is 10.7. The average molecular weight is 269 g/mol. The van der Waals surface area contributed by atoms with E-state index in [4.69, 9.17) is 5.73 Å². The van der Waals surface area contributed by atoms with E-state index >= 15 is 0 Å². The molecular weight excluding hydrogens is 252 g/mol. The quantitative estimate of drug-likeness (QED) is 0.860. The highest BCUT2D eigenvalue weighted by molar-refractivity contribution is 9.10. The lowest BCUT2D eigenvalue weighted by Gasteiger charge is -2.13. The normalized spacial score (nSPS) is 17.7. The van der Waals surface area contributed by atoms with Crippen LogP contribution in [0, 0.1) is 5.41 Å². The lowest BCUT2D eigenvalue weighted by atomic mass is 10.1. The predicted molar refractivity (Wildman–Crippen MR) is 66.6 cm³/mol. The second kappa shape index (κ2) is 4.64. The maximum absolute atomic E-state index is 5.72. The molecule has 0 heterocycles. The molecule has 2 rings (SSSR count). The minimum Gasteiger partial charge on any atom is -0.330 e. The molecule has 0 spiro atoms. The molecule has 0 radical (unpaired) electrons. The molecular formula is C12H17BrN2. The summed E-state index contributed by atoms with van der Waals surface area (Å²) in [6.45, 7) is 2.80. The lowest BCUT2D eigenvalue weighted by molar-refractivity contribution is 0.468. The summed E-state index contributed by atoms with van der Waals surface area (Å²) < 4.78 is 1.14. The first-order chi connectivity index (χ1) is 7.24. The zero-order valence-corrected chi connectivity index (χ0v) is 10.4. The lowest BCUT2D eigenvalue weighted by Crippen LogP contribution is -2.29. The zero-order valence-electron chi connectivity index (χ0n) is 8.80. The van der Waals surface area contributed by atoms with Gasteiger partial charge in [-0.3, -0.25) is 0 Å². The van der Waals surface area contributed by atoms with Crippen LogP contribution in [0.3, 0.4) is 0 Å². The molecule has 0 unspecified atom stereocenters. The molecule has 0 bridgehead atoms. The molecule has 82 valence electrons. The largest absolute Gasteiger partial charge is 0.330 e. The van der Waals surface area contributed by atoms with E-state index in [1.54, 1.807) is 0 Å². The van der Waals surface area contributed by atoms with Gasteiger partial charge in [-0.05, 0) is 42.5 Å². The van der Waals surface area contributed by atoms with Crippen LogP contribution < -0.4 is 11.1 Å². The van der Waals surface area contributed by atoms with Crippen LogP contribution in [0.4, 0.5) is 0 Å². The van der Waals surface area contributed by atoms with Crippen LogP contribution in [0.15, 0.2) is 28.7 Å². The van der Waals surface area contributed by atoms with Crippen molar-refractivity contribution in [1.82, 2.24) is 5.32 Å². The standard InChI is InChI=1S/C12H17BrN2/c13-11-3-1-2-10(6-11)7-15-9-12(8-14)4-5-12/h1-3,6,15H,4-5,7-9,14H2. The fourth-order valence-corrected chi connectivity index (χ4v) is 2.20. The summed E-state index contributed by atoms with van der Waals surface area (Å²) in [5.41, 5.74) is 7.46. The Bertz CT molecular complexity index is 334. The fourth-order valence-electron chi connectivity index (χ4n) is 1.75. The average Bonchev–Trinajstić information content (AvgIpc) is 2.99. The van der Waals surface area contributed by atoms with Gasteiger partial charge in [0.05, 0.1) is 0 Å². The summed E-state index contributed by atoms with van der Waals surface area (Å²) in [4.78, 5) is 0. The molecule has 0 amide bonds. The van der Waals surface area contributed by atoms with E-state index < -0.39 is 0 Å². The highest BCUT2D eigenvalue weighted by atomic mass is 79.9. The van der Waals surface area contributed by atoms with E-state index in [1.165, 1.54) is 18.4 Å². The van der Waals surface area contributed by atoms with Crippen molar-refractivity contribution in [3.05, 3.63) is 34.3 Å².